The van der Waals surface area contributed by atoms with Crippen LogP contribution in [-0.4, -0.2) is 55.9 Å². The first kappa shape index (κ1) is 19.9. The number of benzene rings is 1. The van der Waals surface area contributed by atoms with Crippen molar-refractivity contribution in [2.75, 3.05) is 37.6 Å². The first-order valence-corrected chi connectivity index (χ1v) is 10.5. The molecule has 2 fully saturated rings. The maximum Gasteiger partial charge on any atom is 0.223 e. The summed E-state index contributed by atoms with van der Waals surface area (Å²) in [4.78, 5) is 28.1. The maximum atomic E-state index is 12.5. The highest BCUT2D eigenvalue weighted by Gasteiger charge is 2.25. The van der Waals surface area contributed by atoms with Crippen molar-refractivity contribution in [3.63, 3.8) is 0 Å². The van der Waals surface area contributed by atoms with Crippen LogP contribution >= 0.6 is 0 Å². The van der Waals surface area contributed by atoms with E-state index in [-0.39, 0.29) is 11.8 Å². The van der Waals surface area contributed by atoms with Gasteiger partial charge in [-0.3, -0.25) is 9.59 Å². The summed E-state index contributed by atoms with van der Waals surface area (Å²) in [5, 5.41) is 3.15. The topological polar surface area (TPSA) is 52.7 Å². The van der Waals surface area contributed by atoms with E-state index in [2.05, 4.69) is 22.0 Å². The highest BCUT2D eigenvalue weighted by Crippen LogP contribution is 2.23. The van der Waals surface area contributed by atoms with Crippen LogP contribution in [0.3, 0.4) is 0 Å². The van der Waals surface area contributed by atoms with Crippen molar-refractivity contribution >= 4 is 17.9 Å². The summed E-state index contributed by atoms with van der Waals surface area (Å²) in [6, 6.07) is 8.38. The highest BCUT2D eigenvalue weighted by molar-refractivity contribution is 5.79. The Kier molecular flexibility index (Phi) is 7.27. The van der Waals surface area contributed by atoms with E-state index in [9.17, 15) is 9.59 Å². The molecule has 1 N–H and O–H groups in total. The van der Waals surface area contributed by atoms with Crippen LogP contribution in [0.5, 0.6) is 0 Å². The molecular formula is C22H33N3O2. The fourth-order valence-corrected chi connectivity index (χ4v) is 4.29. The zero-order valence-corrected chi connectivity index (χ0v) is 16.5. The molecule has 0 spiro atoms. The average Bonchev–Trinajstić information content (AvgIpc) is 2.72. The summed E-state index contributed by atoms with van der Waals surface area (Å²) in [7, 11) is 0. The standard InChI is InChI=1S/C22H33N3O2/c1-18-5-2-3-13-24(18)14-4-12-23-22(27)20-10-15-25(16-11-20)21-8-6-19(17-26)7-9-21/h6-9,17-18,20H,2-5,10-16H2,1H3,(H,23,27)/t18-/m0/s1. The zero-order valence-electron chi connectivity index (χ0n) is 16.5. The smallest absolute Gasteiger partial charge is 0.223 e. The Morgan fingerprint density at radius 1 is 1.11 bits per heavy atom. The summed E-state index contributed by atoms with van der Waals surface area (Å²) in [6.07, 6.45) is 7.67. The lowest BCUT2D eigenvalue weighted by Gasteiger charge is -2.34. The molecule has 5 nitrogen and oxygen atoms in total. The predicted octanol–water partition coefficient (Wildman–Crippen LogP) is 3.10. The molecule has 2 aliphatic rings. The van der Waals surface area contributed by atoms with Crippen LogP contribution in [0.1, 0.15) is 55.8 Å². The minimum Gasteiger partial charge on any atom is -0.371 e. The Balaban J connectivity index is 1.35. The Bertz CT molecular complexity index is 608. The van der Waals surface area contributed by atoms with Gasteiger partial charge in [0.15, 0.2) is 0 Å². The van der Waals surface area contributed by atoms with E-state index < -0.39 is 0 Å². The quantitative estimate of drug-likeness (QED) is 0.591. The van der Waals surface area contributed by atoms with Crippen LogP contribution in [0.2, 0.25) is 0 Å². The van der Waals surface area contributed by atoms with Gasteiger partial charge in [-0.25, -0.2) is 0 Å². The molecule has 0 aromatic heterocycles. The van der Waals surface area contributed by atoms with Gasteiger partial charge in [0.1, 0.15) is 6.29 Å². The van der Waals surface area contributed by atoms with Gasteiger partial charge in [-0.15, -0.1) is 0 Å². The molecule has 148 valence electrons. The maximum absolute atomic E-state index is 12.5. The van der Waals surface area contributed by atoms with E-state index in [0.717, 1.165) is 57.4 Å². The molecule has 0 bridgehead atoms. The third-order valence-corrected chi connectivity index (χ3v) is 6.12. The molecule has 1 aromatic rings. The van der Waals surface area contributed by atoms with E-state index in [1.807, 2.05) is 24.3 Å². The first-order chi connectivity index (χ1) is 13.2. The summed E-state index contributed by atoms with van der Waals surface area (Å²) in [5.74, 6) is 0.349. The lowest BCUT2D eigenvalue weighted by molar-refractivity contribution is -0.125. The second kappa shape index (κ2) is 9.88. The molecule has 3 rings (SSSR count). The molecule has 0 unspecified atom stereocenters. The fourth-order valence-electron chi connectivity index (χ4n) is 4.29. The van der Waals surface area contributed by atoms with E-state index in [4.69, 9.17) is 0 Å². The summed E-state index contributed by atoms with van der Waals surface area (Å²) in [6.45, 7) is 7.19. The molecule has 2 heterocycles. The van der Waals surface area contributed by atoms with Crippen molar-refractivity contribution in [1.82, 2.24) is 10.2 Å². The number of aldehydes is 1. The zero-order chi connectivity index (χ0) is 19.1. The second-order valence-electron chi connectivity index (χ2n) is 8.00. The van der Waals surface area contributed by atoms with Gasteiger partial charge in [0.25, 0.3) is 0 Å². The molecular weight excluding hydrogens is 338 g/mol. The van der Waals surface area contributed by atoms with Gasteiger partial charge < -0.3 is 15.1 Å². The van der Waals surface area contributed by atoms with Crippen LogP contribution in [0, 0.1) is 5.92 Å². The van der Waals surface area contributed by atoms with Crippen LogP contribution < -0.4 is 10.2 Å². The third kappa shape index (κ3) is 5.55. The van der Waals surface area contributed by atoms with E-state index in [1.54, 1.807) is 0 Å². The number of piperidine rings is 2. The summed E-state index contributed by atoms with van der Waals surface area (Å²) < 4.78 is 0. The number of carbonyl (C=O) groups excluding carboxylic acids is 2. The van der Waals surface area contributed by atoms with Gasteiger partial charge in [0.2, 0.25) is 5.91 Å². The first-order valence-electron chi connectivity index (χ1n) is 10.5. The van der Waals surface area contributed by atoms with Gasteiger partial charge in [-0.2, -0.15) is 0 Å². The summed E-state index contributed by atoms with van der Waals surface area (Å²) in [5.41, 5.74) is 1.84. The molecule has 2 saturated heterocycles. The molecule has 27 heavy (non-hydrogen) atoms. The number of anilines is 1. The summed E-state index contributed by atoms with van der Waals surface area (Å²) >= 11 is 0. The largest absolute Gasteiger partial charge is 0.371 e. The molecule has 2 aliphatic heterocycles. The van der Waals surface area contributed by atoms with E-state index >= 15 is 0 Å². The van der Waals surface area contributed by atoms with Crippen molar-refractivity contribution < 1.29 is 9.59 Å². The molecule has 1 amide bonds. The number of likely N-dealkylation sites (tertiary alicyclic amines) is 1. The van der Waals surface area contributed by atoms with Crippen molar-refractivity contribution in [3.8, 4) is 0 Å². The lowest BCUT2D eigenvalue weighted by atomic mass is 9.95. The Labute approximate surface area is 163 Å². The van der Waals surface area contributed by atoms with Gasteiger partial charge in [-0.1, -0.05) is 6.42 Å². The Hall–Kier alpha value is -1.88. The van der Waals surface area contributed by atoms with Gasteiger partial charge in [-0.05, 0) is 69.8 Å². The van der Waals surface area contributed by atoms with Crippen LogP contribution in [0.15, 0.2) is 24.3 Å². The van der Waals surface area contributed by atoms with Gasteiger partial charge >= 0.3 is 0 Å². The molecule has 0 aliphatic carbocycles. The molecule has 1 atom stereocenters. The van der Waals surface area contributed by atoms with Crippen LogP contribution in [0.4, 0.5) is 5.69 Å². The molecule has 0 saturated carbocycles. The fraction of sp³-hybridized carbons (Fsp3) is 0.636. The lowest BCUT2D eigenvalue weighted by Crippen LogP contribution is -2.42. The van der Waals surface area contributed by atoms with Gasteiger partial charge in [0, 0.05) is 49.4 Å². The second-order valence-corrected chi connectivity index (χ2v) is 8.00. The number of hydrogen-bond acceptors (Lipinski definition) is 4. The van der Waals surface area contributed by atoms with Gasteiger partial charge in [0.05, 0.1) is 0 Å². The van der Waals surface area contributed by atoms with Crippen molar-refractivity contribution in [2.45, 2.75) is 51.5 Å². The number of carbonyl (C=O) groups is 2. The number of amides is 1. The SMILES string of the molecule is C[C@H]1CCCCN1CCCNC(=O)C1CCN(c2ccc(C=O)cc2)CC1. The predicted molar refractivity (Wildman–Crippen MR) is 109 cm³/mol. The minimum atomic E-state index is 0.129. The highest BCUT2D eigenvalue weighted by atomic mass is 16.1. The van der Waals surface area contributed by atoms with Crippen molar-refractivity contribution in [3.05, 3.63) is 29.8 Å². The van der Waals surface area contributed by atoms with Crippen LogP contribution in [0.25, 0.3) is 0 Å². The normalized spacial score (nSPS) is 21.8. The monoisotopic (exact) mass is 371 g/mol. The van der Waals surface area contributed by atoms with Crippen LogP contribution in [-0.2, 0) is 4.79 Å². The number of hydrogen-bond donors (Lipinski definition) is 1. The Morgan fingerprint density at radius 2 is 1.85 bits per heavy atom. The molecule has 1 aromatic carbocycles. The average molecular weight is 372 g/mol. The Morgan fingerprint density at radius 3 is 2.52 bits per heavy atom. The third-order valence-electron chi connectivity index (χ3n) is 6.12. The minimum absolute atomic E-state index is 0.129. The number of nitrogens with one attached hydrogen (secondary N) is 1. The van der Waals surface area contributed by atoms with Crippen molar-refractivity contribution in [1.29, 1.82) is 0 Å². The number of nitrogens with zero attached hydrogens (tertiary/aromatic N) is 2. The van der Waals surface area contributed by atoms with Crippen molar-refractivity contribution in [2.24, 2.45) is 5.92 Å². The molecule has 5 heteroatoms. The molecule has 0 radical (unpaired) electrons. The number of rotatable bonds is 7. The van der Waals surface area contributed by atoms with E-state index in [1.165, 1.54) is 25.8 Å². The van der Waals surface area contributed by atoms with E-state index in [0.29, 0.717) is 11.6 Å².